The molecular formula is C16H11ClF3N7OS. The molecule has 13 heteroatoms. The highest BCUT2D eigenvalue weighted by molar-refractivity contribution is 7.14. The molecule has 0 aliphatic carbocycles. The van der Waals surface area contributed by atoms with Crippen molar-refractivity contribution in [2.24, 2.45) is 0 Å². The molecule has 0 fully saturated rings. The van der Waals surface area contributed by atoms with Crippen molar-refractivity contribution in [2.45, 2.75) is 26.1 Å². The molecule has 3 heterocycles. The maximum absolute atomic E-state index is 12.9. The van der Waals surface area contributed by atoms with Gasteiger partial charge >= 0.3 is 6.18 Å². The van der Waals surface area contributed by atoms with Crippen molar-refractivity contribution in [3.63, 3.8) is 0 Å². The van der Waals surface area contributed by atoms with E-state index in [0.29, 0.717) is 27.7 Å². The number of amides is 1. The summed E-state index contributed by atoms with van der Waals surface area (Å²) in [5.74, 6) is -0.108. The first kappa shape index (κ1) is 20.7. The van der Waals surface area contributed by atoms with Crippen LogP contribution in [-0.4, -0.2) is 30.6 Å². The second-order valence-electron chi connectivity index (χ2n) is 5.80. The third-order valence-electron chi connectivity index (χ3n) is 3.60. The molecule has 3 rings (SSSR count). The molecule has 29 heavy (non-hydrogen) atoms. The number of hydrogen-bond acceptors (Lipinski definition) is 7. The van der Waals surface area contributed by atoms with Crippen LogP contribution in [0, 0.1) is 18.3 Å². The Morgan fingerprint density at radius 2 is 2.10 bits per heavy atom. The van der Waals surface area contributed by atoms with Crippen LogP contribution in [0.3, 0.4) is 0 Å². The van der Waals surface area contributed by atoms with Gasteiger partial charge in [0.25, 0.3) is 5.91 Å². The number of nitriles is 1. The minimum atomic E-state index is -4.74. The van der Waals surface area contributed by atoms with Crippen molar-refractivity contribution in [3.8, 4) is 11.2 Å². The standard InChI is InChI=1S/C16H11ClF3N7OS/c1-7(13-24-8(2)26-27(13)15-22-6-10(5-21)29-15)23-14(28)9-3-11(16(18,19)20)25-12(17)4-9/h3-4,6-7H,1-2H3,(H,23,28)/t7-/m0/s1. The first-order chi connectivity index (χ1) is 13.6. The lowest BCUT2D eigenvalue weighted by Crippen LogP contribution is -2.29. The van der Waals surface area contributed by atoms with E-state index in [4.69, 9.17) is 16.9 Å². The average molecular weight is 442 g/mol. The Kier molecular flexibility index (Phi) is 5.54. The first-order valence-electron chi connectivity index (χ1n) is 7.94. The van der Waals surface area contributed by atoms with Crippen molar-refractivity contribution < 1.29 is 18.0 Å². The second-order valence-corrected chi connectivity index (χ2v) is 7.20. The van der Waals surface area contributed by atoms with E-state index in [1.54, 1.807) is 13.8 Å². The van der Waals surface area contributed by atoms with Crippen LogP contribution in [0.4, 0.5) is 13.2 Å². The van der Waals surface area contributed by atoms with Crippen LogP contribution in [0.5, 0.6) is 0 Å². The summed E-state index contributed by atoms with van der Waals surface area (Å²) in [4.78, 5) is 24.4. The summed E-state index contributed by atoms with van der Waals surface area (Å²) in [6.45, 7) is 3.22. The van der Waals surface area contributed by atoms with Gasteiger partial charge in [0.1, 0.15) is 27.6 Å². The highest BCUT2D eigenvalue weighted by Crippen LogP contribution is 2.29. The zero-order valence-electron chi connectivity index (χ0n) is 14.8. The molecule has 0 aliphatic heterocycles. The molecule has 1 amide bonds. The van der Waals surface area contributed by atoms with Gasteiger partial charge in [-0.3, -0.25) is 4.79 Å². The number of carbonyl (C=O) groups is 1. The van der Waals surface area contributed by atoms with E-state index in [9.17, 15) is 18.0 Å². The highest BCUT2D eigenvalue weighted by atomic mass is 35.5. The van der Waals surface area contributed by atoms with Crippen molar-refractivity contribution in [1.82, 2.24) is 30.0 Å². The van der Waals surface area contributed by atoms with Crippen LogP contribution in [-0.2, 0) is 6.18 Å². The Labute approximate surface area is 171 Å². The number of nitrogens with zero attached hydrogens (tertiary/aromatic N) is 6. The largest absolute Gasteiger partial charge is 0.433 e. The zero-order valence-corrected chi connectivity index (χ0v) is 16.4. The van der Waals surface area contributed by atoms with Crippen LogP contribution >= 0.6 is 22.9 Å². The summed E-state index contributed by atoms with van der Waals surface area (Å²) in [7, 11) is 0. The lowest BCUT2D eigenvalue weighted by atomic mass is 10.2. The van der Waals surface area contributed by atoms with Crippen LogP contribution in [0.1, 0.15) is 45.5 Å². The molecule has 3 aromatic heterocycles. The van der Waals surface area contributed by atoms with Crippen LogP contribution in [0.2, 0.25) is 5.15 Å². The normalized spacial score (nSPS) is 12.4. The zero-order chi connectivity index (χ0) is 21.3. The van der Waals surface area contributed by atoms with Crippen molar-refractivity contribution in [2.75, 3.05) is 0 Å². The Morgan fingerprint density at radius 3 is 2.72 bits per heavy atom. The van der Waals surface area contributed by atoms with E-state index < -0.39 is 29.0 Å². The van der Waals surface area contributed by atoms with E-state index in [1.807, 2.05) is 6.07 Å². The van der Waals surface area contributed by atoms with Crippen LogP contribution in [0.15, 0.2) is 18.3 Å². The summed E-state index contributed by atoms with van der Waals surface area (Å²) < 4.78 is 40.1. The SMILES string of the molecule is Cc1nc([C@H](C)NC(=O)c2cc(Cl)nc(C(F)(F)F)c2)n(-c2ncc(C#N)s2)n1. The molecule has 0 saturated heterocycles. The van der Waals surface area contributed by atoms with E-state index >= 15 is 0 Å². The molecule has 0 bridgehead atoms. The smallest absolute Gasteiger partial charge is 0.342 e. The van der Waals surface area contributed by atoms with Crippen LogP contribution < -0.4 is 5.32 Å². The topological polar surface area (TPSA) is 109 Å². The van der Waals surface area contributed by atoms with Gasteiger partial charge < -0.3 is 5.32 Å². The number of rotatable bonds is 4. The lowest BCUT2D eigenvalue weighted by Gasteiger charge is -2.14. The number of nitrogens with one attached hydrogen (secondary N) is 1. The maximum Gasteiger partial charge on any atom is 0.433 e. The number of pyridine rings is 1. The summed E-state index contributed by atoms with van der Waals surface area (Å²) in [6.07, 6.45) is -3.37. The summed E-state index contributed by atoms with van der Waals surface area (Å²) in [5.41, 5.74) is -1.57. The van der Waals surface area contributed by atoms with Crippen molar-refractivity contribution in [3.05, 3.63) is 51.3 Å². The van der Waals surface area contributed by atoms with Crippen molar-refractivity contribution >= 4 is 28.8 Å². The predicted octanol–water partition coefficient (Wildman–Crippen LogP) is 3.46. The first-order valence-corrected chi connectivity index (χ1v) is 9.13. The molecule has 1 atom stereocenters. The minimum Gasteiger partial charge on any atom is -0.342 e. The van der Waals surface area contributed by atoms with Gasteiger partial charge in [0.15, 0.2) is 5.82 Å². The Bertz CT molecular complexity index is 1120. The second kappa shape index (κ2) is 7.76. The summed E-state index contributed by atoms with van der Waals surface area (Å²) in [5, 5.41) is 15.6. The fourth-order valence-electron chi connectivity index (χ4n) is 2.38. The van der Waals surface area contributed by atoms with Gasteiger partial charge in [-0.1, -0.05) is 22.9 Å². The number of aromatic nitrogens is 5. The van der Waals surface area contributed by atoms with Gasteiger partial charge in [-0.25, -0.2) is 15.0 Å². The minimum absolute atomic E-state index is 0.297. The van der Waals surface area contributed by atoms with E-state index in [1.165, 1.54) is 10.9 Å². The maximum atomic E-state index is 12.9. The van der Waals surface area contributed by atoms with E-state index in [-0.39, 0.29) is 5.56 Å². The average Bonchev–Trinajstić information content (AvgIpc) is 3.26. The third-order valence-corrected chi connectivity index (χ3v) is 4.68. The molecule has 8 nitrogen and oxygen atoms in total. The van der Waals surface area contributed by atoms with Gasteiger partial charge in [-0.2, -0.15) is 23.1 Å². The Morgan fingerprint density at radius 1 is 1.38 bits per heavy atom. The molecular weight excluding hydrogens is 431 g/mol. The molecule has 0 saturated carbocycles. The fourth-order valence-corrected chi connectivity index (χ4v) is 3.27. The number of hydrogen-bond donors (Lipinski definition) is 1. The van der Waals surface area contributed by atoms with Gasteiger partial charge in [0.05, 0.1) is 12.2 Å². The van der Waals surface area contributed by atoms with E-state index in [2.05, 4.69) is 25.4 Å². The third kappa shape index (κ3) is 4.52. The van der Waals surface area contributed by atoms with Gasteiger partial charge in [0, 0.05) is 5.56 Å². The molecule has 0 unspecified atom stereocenters. The Hall–Kier alpha value is -3.04. The van der Waals surface area contributed by atoms with Crippen molar-refractivity contribution in [1.29, 1.82) is 5.26 Å². The molecule has 0 spiro atoms. The number of aryl methyl sites for hydroxylation is 1. The fraction of sp³-hybridized carbons (Fsp3) is 0.250. The highest BCUT2D eigenvalue weighted by Gasteiger charge is 2.34. The summed E-state index contributed by atoms with van der Waals surface area (Å²) >= 11 is 6.71. The molecule has 3 aromatic rings. The van der Waals surface area contributed by atoms with Gasteiger partial charge in [0.2, 0.25) is 5.13 Å². The number of halogens is 4. The van der Waals surface area contributed by atoms with Gasteiger partial charge in [-0.05, 0) is 26.0 Å². The molecule has 1 N–H and O–H groups in total. The Balaban J connectivity index is 1.88. The number of thiazole rings is 1. The molecule has 0 radical (unpaired) electrons. The number of carbonyl (C=O) groups excluding carboxylic acids is 1. The quantitative estimate of drug-likeness (QED) is 0.621. The van der Waals surface area contributed by atoms with E-state index in [0.717, 1.165) is 17.4 Å². The predicted molar refractivity (Wildman–Crippen MR) is 96.6 cm³/mol. The van der Waals surface area contributed by atoms with Crippen LogP contribution in [0.25, 0.3) is 5.13 Å². The molecule has 0 aromatic carbocycles. The summed E-state index contributed by atoms with van der Waals surface area (Å²) in [6, 6.07) is 2.88. The molecule has 150 valence electrons. The lowest BCUT2D eigenvalue weighted by molar-refractivity contribution is -0.141. The monoisotopic (exact) mass is 441 g/mol. The molecule has 0 aliphatic rings. The van der Waals surface area contributed by atoms with Gasteiger partial charge in [-0.15, -0.1) is 5.10 Å². The number of alkyl halides is 3.